The van der Waals surface area contributed by atoms with Gasteiger partial charge in [0.25, 0.3) is 0 Å². The monoisotopic (exact) mass is 234 g/mol. The van der Waals surface area contributed by atoms with E-state index in [1.54, 1.807) is 6.07 Å². The van der Waals surface area contributed by atoms with Gasteiger partial charge in [-0.2, -0.15) is 0 Å². The van der Waals surface area contributed by atoms with E-state index in [-0.39, 0.29) is 5.82 Å². The van der Waals surface area contributed by atoms with Crippen molar-refractivity contribution >= 4 is 10.9 Å². The molecular formula is C14H19FN2. The average molecular weight is 234 g/mol. The van der Waals surface area contributed by atoms with E-state index in [9.17, 15) is 4.39 Å². The molecule has 0 saturated heterocycles. The van der Waals surface area contributed by atoms with Gasteiger partial charge in [0.1, 0.15) is 5.82 Å². The highest BCUT2D eigenvalue weighted by Crippen LogP contribution is 2.30. The summed E-state index contributed by atoms with van der Waals surface area (Å²) in [6, 6.07) is 5.01. The van der Waals surface area contributed by atoms with E-state index in [1.807, 2.05) is 13.1 Å². The summed E-state index contributed by atoms with van der Waals surface area (Å²) in [4.78, 5) is 0. The predicted molar refractivity (Wildman–Crippen MR) is 69.7 cm³/mol. The smallest absolute Gasteiger partial charge is 0.123 e. The number of fused-ring (bicyclic) bond motifs is 1. The quantitative estimate of drug-likeness (QED) is 0.863. The highest BCUT2D eigenvalue weighted by atomic mass is 19.1. The molecule has 1 aromatic heterocycles. The molecule has 0 atom stereocenters. The van der Waals surface area contributed by atoms with Gasteiger partial charge in [-0.1, -0.05) is 13.8 Å². The minimum Gasteiger partial charge on any atom is -0.347 e. The lowest BCUT2D eigenvalue weighted by Crippen LogP contribution is -2.09. The van der Waals surface area contributed by atoms with Crippen LogP contribution in [0, 0.1) is 5.82 Å². The van der Waals surface area contributed by atoms with Crippen LogP contribution in [-0.2, 0) is 13.6 Å². The van der Waals surface area contributed by atoms with Crippen LogP contribution in [0.3, 0.4) is 0 Å². The second-order valence-corrected chi connectivity index (χ2v) is 4.77. The summed E-state index contributed by atoms with van der Waals surface area (Å²) in [5, 5.41) is 4.19. The van der Waals surface area contributed by atoms with E-state index < -0.39 is 0 Å². The highest BCUT2D eigenvalue weighted by Gasteiger charge is 2.17. The van der Waals surface area contributed by atoms with Gasteiger partial charge < -0.3 is 9.88 Å². The number of hydrogen-bond acceptors (Lipinski definition) is 1. The molecule has 0 spiro atoms. The van der Waals surface area contributed by atoms with Crippen molar-refractivity contribution in [2.75, 3.05) is 7.05 Å². The zero-order chi connectivity index (χ0) is 12.6. The van der Waals surface area contributed by atoms with Crippen molar-refractivity contribution in [1.29, 1.82) is 0 Å². The van der Waals surface area contributed by atoms with Crippen molar-refractivity contribution in [2.24, 2.45) is 7.05 Å². The van der Waals surface area contributed by atoms with Gasteiger partial charge in [-0.15, -0.1) is 0 Å². The van der Waals surface area contributed by atoms with Crippen LogP contribution in [0.5, 0.6) is 0 Å². The first-order valence-corrected chi connectivity index (χ1v) is 5.97. The summed E-state index contributed by atoms with van der Waals surface area (Å²) >= 11 is 0. The maximum absolute atomic E-state index is 13.4. The van der Waals surface area contributed by atoms with E-state index in [4.69, 9.17) is 0 Å². The third-order valence-corrected chi connectivity index (χ3v) is 3.22. The Hall–Kier alpha value is -1.35. The van der Waals surface area contributed by atoms with E-state index in [1.165, 1.54) is 17.3 Å². The Morgan fingerprint density at radius 2 is 2.06 bits per heavy atom. The summed E-state index contributed by atoms with van der Waals surface area (Å²) < 4.78 is 15.5. The Balaban J connectivity index is 2.78. The van der Waals surface area contributed by atoms with Crippen LogP contribution < -0.4 is 5.32 Å². The van der Waals surface area contributed by atoms with Crippen molar-refractivity contribution in [1.82, 2.24) is 9.88 Å². The van der Waals surface area contributed by atoms with E-state index in [0.717, 1.165) is 17.4 Å². The number of nitrogens with zero attached hydrogens (tertiary/aromatic N) is 1. The van der Waals surface area contributed by atoms with Crippen molar-refractivity contribution < 1.29 is 4.39 Å². The number of aryl methyl sites for hydroxylation is 1. The average Bonchev–Trinajstić information content (AvgIpc) is 2.52. The Bertz CT molecular complexity index is 541. The van der Waals surface area contributed by atoms with Gasteiger partial charge in [0.2, 0.25) is 0 Å². The van der Waals surface area contributed by atoms with Crippen LogP contribution in [0.1, 0.15) is 31.0 Å². The van der Waals surface area contributed by atoms with Crippen LogP contribution in [0.4, 0.5) is 4.39 Å². The minimum absolute atomic E-state index is 0.171. The van der Waals surface area contributed by atoms with Gasteiger partial charge in [0, 0.05) is 30.2 Å². The molecule has 1 aromatic carbocycles. The van der Waals surface area contributed by atoms with Gasteiger partial charge >= 0.3 is 0 Å². The lowest BCUT2D eigenvalue weighted by Gasteiger charge is -2.11. The van der Waals surface area contributed by atoms with Gasteiger partial charge in [0.15, 0.2) is 0 Å². The van der Waals surface area contributed by atoms with E-state index in [0.29, 0.717) is 5.92 Å². The van der Waals surface area contributed by atoms with Crippen molar-refractivity contribution in [2.45, 2.75) is 26.3 Å². The number of aromatic nitrogens is 1. The van der Waals surface area contributed by atoms with Gasteiger partial charge in [0.05, 0.1) is 0 Å². The molecule has 0 aliphatic heterocycles. The van der Waals surface area contributed by atoms with Gasteiger partial charge in [-0.3, -0.25) is 0 Å². The molecule has 0 aliphatic rings. The molecule has 2 nitrogen and oxygen atoms in total. The fourth-order valence-electron chi connectivity index (χ4n) is 2.61. The van der Waals surface area contributed by atoms with Crippen molar-refractivity contribution in [3.63, 3.8) is 0 Å². The molecule has 1 heterocycles. The van der Waals surface area contributed by atoms with Crippen LogP contribution in [0.25, 0.3) is 10.9 Å². The number of nitrogens with one attached hydrogen (secondary N) is 1. The van der Waals surface area contributed by atoms with Crippen molar-refractivity contribution in [3.05, 3.63) is 35.3 Å². The SMILES string of the molecule is CNCc1c(C(C)C)n(C)c2ccc(F)cc12. The third-order valence-electron chi connectivity index (χ3n) is 3.22. The topological polar surface area (TPSA) is 17.0 Å². The fraction of sp³-hybridized carbons (Fsp3) is 0.429. The number of hydrogen-bond donors (Lipinski definition) is 1. The summed E-state index contributed by atoms with van der Waals surface area (Å²) in [7, 11) is 3.97. The molecule has 0 bridgehead atoms. The zero-order valence-corrected chi connectivity index (χ0v) is 10.8. The molecule has 0 unspecified atom stereocenters. The Morgan fingerprint density at radius 3 is 2.65 bits per heavy atom. The lowest BCUT2D eigenvalue weighted by molar-refractivity contribution is 0.629. The normalized spacial score (nSPS) is 11.6. The second-order valence-electron chi connectivity index (χ2n) is 4.77. The zero-order valence-electron chi connectivity index (χ0n) is 10.8. The molecule has 0 aliphatic carbocycles. The molecule has 0 fully saturated rings. The second kappa shape index (κ2) is 4.49. The summed E-state index contributed by atoms with van der Waals surface area (Å²) in [5.41, 5.74) is 3.58. The molecule has 0 amide bonds. The largest absolute Gasteiger partial charge is 0.347 e. The predicted octanol–water partition coefficient (Wildman–Crippen LogP) is 3.16. The maximum atomic E-state index is 13.4. The molecule has 2 rings (SSSR count). The molecule has 17 heavy (non-hydrogen) atoms. The first-order valence-electron chi connectivity index (χ1n) is 5.97. The van der Waals surface area contributed by atoms with Gasteiger partial charge in [-0.25, -0.2) is 4.39 Å². The van der Waals surface area contributed by atoms with Crippen molar-refractivity contribution in [3.8, 4) is 0 Å². The maximum Gasteiger partial charge on any atom is 0.123 e. The van der Waals surface area contributed by atoms with Gasteiger partial charge in [-0.05, 0) is 36.7 Å². The Kier molecular flexibility index (Phi) is 3.20. The Morgan fingerprint density at radius 1 is 1.35 bits per heavy atom. The highest BCUT2D eigenvalue weighted by molar-refractivity contribution is 5.85. The van der Waals surface area contributed by atoms with E-state index >= 15 is 0 Å². The molecule has 0 radical (unpaired) electrons. The molecule has 3 heteroatoms. The fourth-order valence-corrected chi connectivity index (χ4v) is 2.61. The van der Waals surface area contributed by atoms with Crippen LogP contribution in [0.15, 0.2) is 18.2 Å². The van der Waals surface area contributed by atoms with Crippen LogP contribution >= 0.6 is 0 Å². The summed E-state index contributed by atoms with van der Waals surface area (Å²) in [5.74, 6) is 0.259. The standard InChI is InChI=1S/C14H19FN2/c1-9(2)14-12(8-16-3)11-7-10(15)5-6-13(11)17(14)4/h5-7,9,16H,8H2,1-4H3. The Labute approximate surface area is 101 Å². The first-order chi connectivity index (χ1) is 8.06. The van der Waals surface area contributed by atoms with E-state index in [2.05, 4.69) is 30.8 Å². The lowest BCUT2D eigenvalue weighted by atomic mass is 10.0. The molecule has 0 saturated carbocycles. The molecule has 1 N–H and O–H groups in total. The van der Waals surface area contributed by atoms with Crippen LogP contribution in [-0.4, -0.2) is 11.6 Å². The molecular weight excluding hydrogens is 215 g/mol. The molecule has 2 aromatic rings. The number of benzene rings is 1. The summed E-state index contributed by atoms with van der Waals surface area (Å²) in [6.07, 6.45) is 0. The number of rotatable bonds is 3. The molecule has 92 valence electrons. The van der Waals surface area contributed by atoms with Crippen LogP contribution in [0.2, 0.25) is 0 Å². The minimum atomic E-state index is -0.171. The third kappa shape index (κ3) is 1.95. The summed E-state index contributed by atoms with van der Waals surface area (Å²) in [6.45, 7) is 5.11. The number of halogens is 1. The first kappa shape index (κ1) is 12.1.